The Morgan fingerprint density at radius 3 is 3.19 bits per heavy atom. The summed E-state index contributed by atoms with van der Waals surface area (Å²) >= 11 is 2.10. The number of benzene rings is 1. The summed E-state index contributed by atoms with van der Waals surface area (Å²) in [7, 11) is 1.71. The van der Waals surface area contributed by atoms with Gasteiger partial charge in [0.15, 0.2) is 0 Å². The van der Waals surface area contributed by atoms with Gasteiger partial charge in [-0.2, -0.15) is 11.8 Å². The maximum Gasteiger partial charge on any atom is 0.119 e. The van der Waals surface area contributed by atoms with E-state index in [9.17, 15) is 0 Å². The summed E-state index contributed by atoms with van der Waals surface area (Å²) in [5.41, 5.74) is 1.29. The first-order valence-corrected chi connectivity index (χ1v) is 6.88. The average molecular weight is 237 g/mol. The van der Waals surface area contributed by atoms with Crippen LogP contribution in [-0.2, 0) is 6.54 Å². The topological polar surface area (TPSA) is 21.3 Å². The van der Waals surface area contributed by atoms with Crippen LogP contribution in [0.1, 0.15) is 18.4 Å². The van der Waals surface area contributed by atoms with E-state index in [4.69, 9.17) is 4.74 Å². The van der Waals surface area contributed by atoms with Gasteiger partial charge >= 0.3 is 0 Å². The van der Waals surface area contributed by atoms with E-state index >= 15 is 0 Å². The Balaban J connectivity index is 1.75. The van der Waals surface area contributed by atoms with Crippen LogP contribution in [0.25, 0.3) is 0 Å². The molecule has 1 N–H and O–H groups in total. The second-order valence-corrected chi connectivity index (χ2v) is 5.53. The van der Waals surface area contributed by atoms with E-state index < -0.39 is 0 Å². The van der Waals surface area contributed by atoms with Gasteiger partial charge < -0.3 is 10.1 Å². The smallest absolute Gasteiger partial charge is 0.119 e. The number of thioether (sulfide) groups is 1. The molecule has 0 radical (unpaired) electrons. The number of nitrogens with one attached hydrogen (secondary N) is 1. The molecule has 0 spiro atoms. The Labute approximate surface area is 102 Å². The minimum Gasteiger partial charge on any atom is -0.497 e. The van der Waals surface area contributed by atoms with Crippen LogP contribution in [0, 0.1) is 0 Å². The minimum atomic E-state index is 0.825. The van der Waals surface area contributed by atoms with E-state index in [0.717, 1.165) is 24.1 Å². The van der Waals surface area contributed by atoms with Crippen LogP contribution in [0.15, 0.2) is 24.3 Å². The fourth-order valence-corrected chi connectivity index (χ4v) is 3.20. The Hall–Kier alpha value is -0.670. The highest BCUT2D eigenvalue weighted by molar-refractivity contribution is 8.00. The zero-order valence-corrected chi connectivity index (χ0v) is 10.6. The molecule has 0 amide bonds. The van der Waals surface area contributed by atoms with Crippen LogP contribution in [-0.4, -0.2) is 24.7 Å². The van der Waals surface area contributed by atoms with Crippen LogP contribution in [0.3, 0.4) is 0 Å². The number of ether oxygens (including phenoxy) is 1. The summed E-state index contributed by atoms with van der Waals surface area (Å²) in [5.74, 6) is 2.28. The third kappa shape index (κ3) is 3.42. The molecule has 88 valence electrons. The number of methoxy groups -OCH3 is 1. The first-order valence-electron chi connectivity index (χ1n) is 5.84. The third-order valence-corrected chi connectivity index (χ3v) is 4.26. The second kappa shape index (κ2) is 6.16. The van der Waals surface area contributed by atoms with Crippen molar-refractivity contribution in [3.05, 3.63) is 29.8 Å². The van der Waals surface area contributed by atoms with Crippen molar-refractivity contribution in [2.75, 3.05) is 19.4 Å². The van der Waals surface area contributed by atoms with Crippen molar-refractivity contribution >= 4 is 11.8 Å². The maximum absolute atomic E-state index is 5.20. The third-order valence-electron chi connectivity index (χ3n) is 2.86. The molecule has 0 aromatic heterocycles. The lowest BCUT2D eigenvalue weighted by Gasteiger charge is -2.10. The van der Waals surface area contributed by atoms with E-state index in [1.807, 2.05) is 12.1 Å². The SMILES string of the molecule is COc1cccc(CNCC2CCCS2)c1. The van der Waals surface area contributed by atoms with Crippen molar-refractivity contribution in [2.24, 2.45) is 0 Å². The van der Waals surface area contributed by atoms with Gasteiger partial charge in [0, 0.05) is 18.3 Å². The van der Waals surface area contributed by atoms with E-state index in [0.29, 0.717) is 0 Å². The highest BCUT2D eigenvalue weighted by Gasteiger charge is 2.14. The lowest BCUT2D eigenvalue weighted by atomic mass is 10.2. The van der Waals surface area contributed by atoms with Crippen LogP contribution in [0.4, 0.5) is 0 Å². The summed E-state index contributed by atoms with van der Waals surface area (Å²) in [5, 5.41) is 4.34. The summed E-state index contributed by atoms with van der Waals surface area (Å²) in [6.45, 7) is 2.07. The van der Waals surface area contributed by atoms with E-state index in [1.165, 1.54) is 24.2 Å². The second-order valence-electron chi connectivity index (χ2n) is 4.12. The Bertz CT molecular complexity index is 323. The molecule has 1 aromatic carbocycles. The molecule has 2 nitrogen and oxygen atoms in total. The summed E-state index contributed by atoms with van der Waals surface area (Å²) < 4.78 is 5.20. The molecule has 2 rings (SSSR count). The van der Waals surface area contributed by atoms with Gasteiger partial charge in [0.25, 0.3) is 0 Å². The molecule has 1 aromatic rings. The van der Waals surface area contributed by atoms with Gasteiger partial charge in [0.1, 0.15) is 5.75 Å². The maximum atomic E-state index is 5.20. The highest BCUT2D eigenvalue weighted by atomic mass is 32.2. The fraction of sp³-hybridized carbons (Fsp3) is 0.538. The van der Waals surface area contributed by atoms with Gasteiger partial charge in [-0.05, 0) is 36.3 Å². The molecule has 1 heterocycles. The van der Waals surface area contributed by atoms with Crippen molar-refractivity contribution in [3.63, 3.8) is 0 Å². The molecule has 1 aliphatic rings. The predicted octanol–water partition coefficient (Wildman–Crippen LogP) is 2.68. The average Bonchev–Trinajstić information content (AvgIpc) is 2.82. The van der Waals surface area contributed by atoms with Crippen LogP contribution in [0.2, 0.25) is 0 Å². The van der Waals surface area contributed by atoms with Crippen molar-refractivity contribution < 1.29 is 4.74 Å². The summed E-state index contributed by atoms with van der Waals surface area (Å²) in [4.78, 5) is 0. The number of hydrogen-bond acceptors (Lipinski definition) is 3. The predicted molar refractivity (Wildman–Crippen MR) is 70.2 cm³/mol. The molecule has 1 unspecified atom stereocenters. The van der Waals surface area contributed by atoms with E-state index in [-0.39, 0.29) is 0 Å². The van der Waals surface area contributed by atoms with Gasteiger partial charge in [-0.15, -0.1) is 0 Å². The Morgan fingerprint density at radius 2 is 2.44 bits per heavy atom. The van der Waals surface area contributed by atoms with Gasteiger partial charge in [-0.3, -0.25) is 0 Å². The molecular weight excluding hydrogens is 218 g/mol. The molecule has 1 fully saturated rings. The number of rotatable bonds is 5. The van der Waals surface area contributed by atoms with Crippen LogP contribution >= 0.6 is 11.8 Å². The van der Waals surface area contributed by atoms with E-state index in [2.05, 4.69) is 29.2 Å². The summed E-state index contributed by atoms with van der Waals surface area (Å²) in [6.07, 6.45) is 2.76. The molecule has 1 atom stereocenters. The quantitative estimate of drug-likeness (QED) is 0.850. The lowest BCUT2D eigenvalue weighted by molar-refractivity contribution is 0.414. The first kappa shape index (κ1) is 11.8. The number of hydrogen-bond donors (Lipinski definition) is 1. The Kier molecular flexibility index (Phi) is 4.55. The molecule has 1 aliphatic heterocycles. The van der Waals surface area contributed by atoms with E-state index in [1.54, 1.807) is 7.11 Å². The van der Waals surface area contributed by atoms with Crippen molar-refractivity contribution in [1.82, 2.24) is 5.32 Å². The van der Waals surface area contributed by atoms with Crippen LogP contribution in [0.5, 0.6) is 5.75 Å². The monoisotopic (exact) mass is 237 g/mol. The van der Waals surface area contributed by atoms with Gasteiger partial charge in [-0.1, -0.05) is 12.1 Å². The largest absolute Gasteiger partial charge is 0.497 e. The molecule has 0 aliphatic carbocycles. The van der Waals surface area contributed by atoms with Crippen molar-refractivity contribution in [1.29, 1.82) is 0 Å². The lowest BCUT2D eigenvalue weighted by Crippen LogP contribution is -2.22. The molecule has 0 saturated carbocycles. The zero-order chi connectivity index (χ0) is 11.2. The zero-order valence-electron chi connectivity index (χ0n) is 9.74. The molecule has 0 bridgehead atoms. The standard InChI is InChI=1S/C13H19NOS/c1-15-12-5-2-4-11(8-12)9-14-10-13-6-3-7-16-13/h2,4-5,8,13-14H,3,6-7,9-10H2,1H3. The summed E-state index contributed by atoms with van der Waals surface area (Å²) in [6, 6.07) is 8.25. The van der Waals surface area contributed by atoms with Gasteiger partial charge in [-0.25, -0.2) is 0 Å². The normalized spacial score (nSPS) is 19.9. The minimum absolute atomic E-state index is 0.825. The molecular formula is C13H19NOS. The van der Waals surface area contributed by atoms with Gasteiger partial charge in [0.2, 0.25) is 0 Å². The fourth-order valence-electron chi connectivity index (χ4n) is 1.97. The van der Waals surface area contributed by atoms with Gasteiger partial charge in [0.05, 0.1) is 7.11 Å². The van der Waals surface area contributed by atoms with Crippen LogP contribution < -0.4 is 10.1 Å². The molecule has 16 heavy (non-hydrogen) atoms. The van der Waals surface area contributed by atoms with Crippen molar-refractivity contribution in [2.45, 2.75) is 24.6 Å². The highest BCUT2D eigenvalue weighted by Crippen LogP contribution is 2.25. The Morgan fingerprint density at radius 1 is 1.50 bits per heavy atom. The molecule has 1 saturated heterocycles. The molecule has 3 heteroatoms. The first-order chi connectivity index (χ1) is 7.88. The van der Waals surface area contributed by atoms with Crippen molar-refractivity contribution in [3.8, 4) is 5.75 Å².